The van der Waals surface area contributed by atoms with Gasteiger partial charge < -0.3 is 5.73 Å². The first-order valence-electron chi connectivity index (χ1n) is 5.35. The summed E-state index contributed by atoms with van der Waals surface area (Å²) in [5.41, 5.74) is 5.32. The summed E-state index contributed by atoms with van der Waals surface area (Å²) in [6.45, 7) is 0.558. The molecule has 3 nitrogen and oxygen atoms in total. The molecule has 0 amide bonds. The first kappa shape index (κ1) is 14.4. The van der Waals surface area contributed by atoms with Gasteiger partial charge >= 0.3 is 0 Å². The molecule has 1 rings (SSSR count). The van der Waals surface area contributed by atoms with Crippen molar-refractivity contribution in [2.24, 2.45) is 5.73 Å². The molecule has 0 spiro atoms. The molecule has 0 aliphatic carbocycles. The zero-order chi connectivity index (χ0) is 12.9. The summed E-state index contributed by atoms with van der Waals surface area (Å²) >= 11 is 5.55. The maximum absolute atomic E-state index is 12.9. The Morgan fingerprint density at radius 3 is 2.53 bits per heavy atom. The van der Waals surface area contributed by atoms with Gasteiger partial charge in [0.2, 0.25) is 0 Å². The van der Waals surface area contributed by atoms with Crippen molar-refractivity contribution in [3.8, 4) is 0 Å². The number of unbranched alkanes of at least 4 members (excludes halogenated alkanes) is 2. The van der Waals surface area contributed by atoms with Crippen molar-refractivity contribution in [1.82, 2.24) is 0 Å². The molecule has 17 heavy (non-hydrogen) atoms. The molecule has 1 aromatic carbocycles. The quantitative estimate of drug-likeness (QED) is 0.642. The van der Waals surface area contributed by atoms with Gasteiger partial charge in [-0.25, -0.2) is 12.8 Å². The fourth-order valence-corrected chi connectivity index (χ4v) is 3.04. The molecule has 0 atom stereocenters. The van der Waals surface area contributed by atoms with E-state index in [1.54, 1.807) is 0 Å². The Kier molecular flexibility index (Phi) is 5.36. The van der Waals surface area contributed by atoms with Crippen molar-refractivity contribution >= 4 is 21.4 Å². The van der Waals surface area contributed by atoms with Gasteiger partial charge in [0.1, 0.15) is 5.82 Å². The fourth-order valence-electron chi connectivity index (χ4n) is 1.40. The molecule has 6 heteroatoms. The van der Waals surface area contributed by atoms with E-state index in [1.807, 2.05) is 0 Å². The number of rotatable bonds is 6. The van der Waals surface area contributed by atoms with Crippen LogP contribution in [0.15, 0.2) is 23.1 Å². The summed E-state index contributed by atoms with van der Waals surface area (Å²) in [5.74, 6) is -0.580. The Morgan fingerprint density at radius 1 is 1.24 bits per heavy atom. The second-order valence-corrected chi connectivity index (χ2v) is 6.26. The molecule has 0 saturated carbocycles. The maximum Gasteiger partial charge on any atom is 0.178 e. The van der Waals surface area contributed by atoms with E-state index < -0.39 is 15.7 Å². The monoisotopic (exact) mass is 279 g/mol. The molecule has 96 valence electrons. The van der Waals surface area contributed by atoms with Crippen LogP contribution in [0.5, 0.6) is 0 Å². The van der Waals surface area contributed by atoms with E-state index in [2.05, 4.69) is 0 Å². The molecular weight excluding hydrogens is 265 g/mol. The van der Waals surface area contributed by atoms with Crippen molar-refractivity contribution < 1.29 is 12.8 Å². The SMILES string of the molecule is NCCCCCS(=O)(=O)c1ccc(F)c(Cl)c1. The smallest absolute Gasteiger partial charge is 0.178 e. The fraction of sp³-hybridized carbons (Fsp3) is 0.455. The molecule has 1 aromatic rings. The Labute approximate surface area is 106 Å². The number of sulfone groups is 1. The van der Waals surface area contributed by atoms with Crippen LogP contribution in [0, 0.1) is 5.82 Å². The van der Waals surface area contributed by atoms with Gasteiger partial charge in [0.05, 0.1) is 15.7 Å². The number of hydrogen-bond donors (Lipinski definition) is 1. The summed E-state index contributed by atoms with van der Waals surface area (Å²) in [4.78, 5) is 0.0663. The molecule has 2 N–H and O–H groups in total. The minimum absolute atomic E-state index is 0.0367. The van der Waals surface area contributed by atoms with Crippen molar-refractivity contribution in [2.45, 2.75) is 24.2 Å². The molecule has 0 aromatic heterocycles. The van der Waals surface area contributed by atoms with Gasteiger partial charge in [-0.1, -0.05) is 18.0 Å². The van der Waals surface area contributed by atoms with Gasteiger partial charge in [0.25, 0.3) is 0 Å². The van der Waals surface area contributed by atoms with Crippen molar-refractivity contribution in [1.29, 1.82) is 0 Å². The topological polar surface area (TPSA) is 60.2 Å². The van der Waals surface area contributed by atoms with Gasteiger partial charge in [-0.15, -0.1) is 0 Å². The van der Waals surface area contributed by atoms with Crippen LogP contribution >= 0.6 is 11.6 Å². The van der Waals surface area contributed by atoms with Crippen molar-refractivity contribution in [3.05, 3.63) is 29.0 Å². The van der Waals surface area contributed by atoms with Gasteiger partial charge in [-0.2, -0.15) is 0 Å². The summed E-state index contributed by atoms with van der Waals surface area (Å²) in [7, 11) is -3.37. The van der Waals surface area contributed by atoms with Gasteiger partial charge in [-0.3, -0.25) is 0 Å². The molecule has 0 fully saturated rings. The Morgan fingerprint density at radius 2 is 1.94 bits per heavy atom. The van der Waals surface area contributed by atoms with Crippen LogP contribution in [0.25, 0.3) is 0 Å². The van der Waals surface area contributed by atoms with Crippen LogP contribution in [-0.2, 0) is 9.84 Å². The van der Waals surface area contributed by atoms with E-state index in [0.717, 1.165) is 25.0 Å². The standard InChI is InChI=1S/C11H15ClFNO2S/c12-10-8-9(4-5-11(10)13)17(15,16)7-3-1-2-6-14/h4-5,8H,1-3,6-7,14H2. The molecule has 0 aliphatic heterocycles. The lowest BCUT2D eigenvalue weighted by Crippen LogP contribution is -2.08. The lowest BCUT2D eigenvalue weighted by molar-refractivity contribution is 0.589. The molecule has 0 radical (unpaired) electrons. The average Bonchev–Trinajstić information content (AvgIpc) is 2.28. The van der Waals surface area contributed by atoms with Crippen LogP contribution in [0.1, 0.15) is 19.3 Å². The van der Waals surface area contributed by atoms with Crippen LogP contribution in [0.3, 0.4) is 0 Å². The van der Waals surface area contributed by atoms with E-state index in [9.17, 15) is 12.8 Å². The molecule has 0 unspecified atom stereocenters. The Hall–Kier alpha value is -0.650. The highest BCUT2D eigenvalue weighted by Gasteiger charge is 2.15. The molecule has 0 saturated heterocycles. The van der Waals surface area contributed by atoms with E-state index in [1.165, 1.54) is 6.07 Å². The third-order valence-electron chi connectivity index (χ3n) is 2.37. The van der Waals surface area contributed by atoms with Crippen LogP contribution in [0.4, 0.5) is 4.39 Å². The van der Waals surface area contributed by atoms with E-state index in [4.69, 9.17) is 17.3 Å². The minimum Gasteiger partial charge on any atom is -0.330 e. The summed E-state index contributed by atoms with van der Waals surface area (Å²) in [6.07, 6.45) is 2.12. The molecule has 0 aliphatic rings. The average molecular weight is 280 g/mol. The minimum atomic E-state index is -3.37. The predicted molar refractivity (Wildman–Crippen MR) is 66.4 cm³/mol. The van der Waals surface area contributed by atoms with Crippen LogP contribution < -0.4 is 5.73 Å². The number of benzene rings is 1. The highest BCUT2D eigenvalue weighted by molar-refractivity contribution is 7.91. The van der Waals surface area contributed by atoms with Crippen LogP contribution in [0.2, 0.25) is 5.02 Å². The van der Waals surface area contributed by atoms with E-state index in [-0.39, 0.29) is 15.7 Å². The molecule has 0 bridgehead atoms. The second-order valence-electron chi connectivity index (χ2n) is 3.74. The van der Waals surface area contributed by atoms with Crippen molar-refractivity contribution in [3.63, 3.8) is 0 Å². The highest BCUT2D eigenvalue weighted by Crippen LogP contribution is 2.21. The molecule has 0 heterocycles. The summed E-state index contributed by atoms with van der Waals surface area (Å²) in [5, 5.41) is -0.173. The Bertz CT molecular complexity index is 476. The van der Waals surface area contributed by atoms with Gasteiger partial charge in [0, 0.05) is 0 Å². The lowest BCUT2D eigenvalue weighted by atomic mass is 10.2. The van der Waals surface area contributed by atoms with Gasteiger partial charge in [0.15, 0.2) is 9.84 Å². The predicted octanol–water partition coefficient (Wildman–Crippen LogP) is 2.38. The number of hydrogen-bond acceptors (Lipinski definition) is 3. The maximum atomic E-state index is 12.9. The summed E-state index contributed by atoms with van der Waals surface area (Å²) in [6, 6.07) is 3.45. The first-order valence-corrected chi connectivity index (χ1v) is 7.38. The third kappa shape index (κ3) is 4.26. The summed E-state index contributed by atoms with van der Waals surface area (Å²) < 4.78 is 36.6. The normalized spacial score (nSPS) is 11.7. The molecular formula is C11H15ClFNO2S. The lowest BCUT2D eigenvalue weighted by Gasteiger charge is -2.05. The third-order valence-corrected chi connectivity index (χ3v) is 4.46. The van der Waals surface area contributed by atoms with E-state index in [0.29, 0.717) is 13.0 Å². The highest BCUT2D eigenvalue weighted by atomic mass is 35.5. The van der Waals surface area contributed by atoms with Crippen molar-refractivity contribution in [2.75, 3.05) is 12.3 Å². The number of nitrogens with two attached hydrogens (primary N) is 1. The Balaban J connectivity index is 2.72. The van der Waals surface area contributed by atoms with E-state index >= 15 is 0 Å². The largest absolute Gasteiger partial charge is 0.330 e. The second kappa shape index (κ2) is 6.33. The van der Waals surface area contributed by atoms with Crippen LogP contribution in [-0.4, -0.2) is 20.7 Å². The zero-order valence-corrected chi connectivity index (χ0v) is 10.9. The van der Waals surface area contributed by atoms with Gasteiger partial charge in [-0.05, 0) is 37.6 Å². The first-order chi connectivity index (χ1) is 7.97. The number of halogens is 2. The zero-order valence-electron chi connectivity index (χ0n) is 9.33.